The van der Waals surface area contributed by atoms with E-state index in [0.29, 0.717) is 12.5 Å². The van der Waals surface area contributed by atoms with Crippen molar-refractivity contribution in [3.8, 4) is 0 Å². The Morgan fingerprint density at radius 3 is 2.63 bits per heavy atom. The molecule has 2 fully saturated rings. The largest absolute Gasteiger partial charge is 0.371 e. The molecule has 0 spiro atoms. The van der Waals surface area contributed by atoms with E-state index in [0.717, 1.165) is 45.1 Å². The Hall–Kier alpha value is -1.75. The van der Waals surface area contributed by atoms with E-state index >= 15 is 0 Å². The topological polar surface area (TPSA) is 47.6 Å². The van der Waals surface area contributed by atoms with Gasteiger partial charge in [0.2, 0.25) is 0 Å². The summed E-state index contributed by atoms with van der Waals surface area (Å²) in [5.74, 6) is 1.27. The van der Waals surface area contributed by atoms with E-state index in [-0.39, 0.29) is 11.6 Å². The molecule has 1 aromatic rings. The number of para-hydroxylation sites is 1. The van der Waals surface area contributed by atoms with Gasteiger partial charge in [-0.3, -0.25) is 4.90 Å². The summed E-state index contributed by atoms with van der Waals surface area (Å²) in [7, 11) is 0. The Labute approximate surface area is 164 Å². The lowest BCUT2D eigenvalue weighted by Crippen LogP contribution is -2.55. The van der Waals surface area contributed by atoms with E-state index in [1.165, 1.54) is 18.5 Å². The number of nitrogens with one attached hydrogen (secondary N) is 2. The van der Waals surface area contributed by atoms with Gasteiger partial charge in [0.05, 0.1) is 0 Å². The third-order valence-corrected chi connectivity index (χ3v) is 6.15. The van der Waals surface area contributed by atoms with Crippen LogP contribution in [0.25, 0.3) is 0 Å². The maximum absolute atomic E-state index is 12.3. The smallest absolute Gasteiger partial charge is 0.314 e. The number of amides is 2. The molecule has 3 rings (SSSR count). The standard InChI is InChI=1S/C22H36N4O/c1-18-8-7-12-26(15-18)22(2,3)17-24-21(27)23-14-19-11-13-25(16-19)20-9-5-4-6-10-20/h4-6,9-10,18-19H,7-8,11-17H2,1-3H3,(H2,23,24,27). The number of carbonyl (C=O) groups excluding carboxylic acids is 1. The highest BCUT2D eigenvalue weighted by Gasteiger charge is 2.30. The van der Waals surface area contributed by atoms with E-state index in [9.17, 15) is 4.79 Å². The van der Waals surface area contributed by atoms with Crippen LogP contribution in [0, 0.1) is 11.8 Å². The minimum Gasteiger partial charge on any atom is -0.371 e. The van der Waals surface area contributed by atoms with Gasteiger partial charge in [-0.15, -0.1) is 0 Å². The fourth-order valence-electron chi connectivity index (χ4n) is 4.32. The van der Waals surface area contributed by atoms with E-state index < -0.39 is 0 Å². The Morgan fingerprint density at radius 2 is 1.89 bits per heavy atom. The highest BCUT2D eigenvalue weighted by Crippen LogP contribution is 2.24. The molecule has 2 aliphatic heterocycles. The van der Waals surface area contributed by atoms with Gasteiger partial charge < -0.3 is 15.5 Å². The molecule has 2 N–H and O–H groups in total. The molecule has 0 bridgehead atoms. The first-order valence-electron chi connectivity index (χ1n) is 10.5. The van der Waals surface area contributed by atoms with Crippen molar-refractivity contribution in [2.24, 2.45) is 11.8 Å². The number of rotatable bonds is 6. The van der Waals surface area contributed by atoms with Crippen LogP contribution >= 0.6 is 0 Å². The fourth-order valence-corrected chi connectivity index (χ4v) is 4.32. The average Bonchev–Trinajstić information content (AvgIpc) is 3.15. The summed E-state index contributed by atoms with van der Waals surface area (Å²) >= 11 is 0. The molecule has 27 heavy (non-hydrogen) atoms. The first-order valence-corrected chi connectivity index (χ1v) is 10.5. The number of piperidine rings is 1. The van der Waals surface area contributed by atoms with Crippen LogP contribution in [0.5, 0.6) is 0 Å². The molecule has 2 unspecified atom stereocenters. The minimum absolute atomic E-state index is 0.00346. The van der Waals surface area contributed by atoms with Crippen LogP contribution in [0.4, 0.5) is 10.5 Å². The summed E-state index contributed by atoms with van der Waals surface area (Å²) in [6, 6.07) is 10.5. The van der Waals surface area contributed by atoms with Crippen molar-refractivity contribution >= 4 is 11.7 Å². The van der Waals surface area contributed by atoms with Crippen LogP contribution in [0.3, 0.4) is 0 Å². The number of carbonyl (C=O) groups is 1. The number of hydrogen-bond donors (Lipinski definition) is 2. The van der Waals surface area contributed by atoms with Crippen molar-refractivity contribution < 1.29 is 4.79 Å². The number of likely N-dealkylation sites (tertiary alicyclic amines) is 1. The molecule has 0 radical (unpaired) electrons. The average molecular weight is 373 g/mol. The SMILES string of the molecule is CC1CCCN(C(C)(C)CNC(=O)NCC2CCN(c3ccccc3)C2)C1. The van der Waals surface area contributed by atoms with Crippen molar-refractivity contribution in [1.82, 2.24) is 15.5 Å². The van der Waals surface area contributed by atoms with Gasteiger partial charge in [-0.2, -0.15) is 0 Å². The summed E-state index contributed by atoms with van der Waals surface area (Å²) in [6.07, 6.45) is 3.71. The fraction of sp³-hybridized carbons (Fsp3) is 0.682. The second-order valence-corrected chi connectivity index (χ2v) is 9.01. The number of hydrogen-bond acceptors (Lipinski definition) is 3. The number of anilines is 1. The summed E-state index contributed by atoms with van der Waals surface area (Å²) in [5, 5.41) is 6.18. The van der Waals surface area contributed by atoms with Gasteiger partial charge in [0.15, 0.2) is 0 Å². The molecule has 0 saturated carbocycles. The van der Waals surface area contributed by atoms with E-state index in [1.54, 1.807) is 0 Å². The number of nitrogens with zero attached hydrogens (tertiary/aromatic N) is 2. The van der Waals surface area contributed by atoms with Gasteiger partial charge in [-0.05, 0) is 63.6 Å². The lowest BCUT2D eigenvalue weighted by Gasteiger charge is -2.43. The molecule has 5 heteroatoms. The number of benzene rings is 1. The van der Waals surface area contributed by atoms with E-state index in [4.69, 9.17) is 0 Å². The van der Waals surface area contributed by atoms with Gasteiger partial charge in [-0.1, -0.05) is 25.1 Å². The third-order valence-electron chi connectivity index (χ3n) is 6.15. The summed E-state index contributed by atoms with van der Waals surface area (Å²) < 4.78 is 0. The van der Waals surface area contributed by atoms with Gasteiger partial charge in [-0.25, -0.2) is 4.79 Å². The van der Waals surface area contributed by atoms with E-state index in [1.807, 2.05) is 0 Å². The molecule has 1 aromatic carbocycles. The van der Waals surface area contributed by atoms with Crippen LogP contribution in [-0.4, -0.2) is 55.7 Å². The summed E-state index contributed by atoms with van der Waals surface area (Å²) in [6.45, 7) is 12.6. The summed E-state index contributed by atoms with van der Waals surface area (Å²) in [4.78, 5) is 17.2. The Bertz CT molecular complexity index is 604. The van der Waals surface area contributed by atoms with Crippen molar-refractivity contribution in [2.45, 2.75) is 45.6 Å². The zero-order valence-electron chi connectivity index (χ0n) is 17.2. The molecule has 0 aliphatic carbocycles. The second kappa shape index (κ2) is 8.96. The molecule has 2 aliphatic rings. The van der Waals surface area contributed by atoms with Crippen LogP contribution in [0.15, 0.2) is 30.3 Å². The van der Waals surface area contributed by atoms with Crippen LogP contribution in [-0.2, 0) is 0 Å². The molecule has 5 nitrogen and oxygen atoms in total. The highest BCUT2D eigenvalue weighted by atomic mass is 16.2. The molecular weight excluding hydrogens is 336 g/mol. The zero-order valence-corrected chi connectivity index (χ0v) is 17.2. The minimum atomic E-state index is -0.0358. The molecule has 2 amide bonds. The quantitative estimate of drug-likeness (QED) is 0.805. The molecular formula is C22H36N4O. The third kappa shape index (κ3) is 5.61. The molecule has 0 aromatic heterocycles. The van der Waals surface area contributed by atoms with Crippen molar-refractivity contribution in [1.29, 1.82) is 0 Å². The molecule has 2 saturated heterocycles. The van der Waals surface area contributed by atoms with Gasteiger partial charge in [0, 0.05) is 44.0 Å². The zero-order chi connectivity index (χ0) is 19.3. The van der Waals surface area contributed by atoms with Crippen LogP contribution < -0.4 is 15.5 Å². The van der Waals surface area contributed by atoms with Crippen molar-refractivity contribution in [3.05, 3.63) is 30.3 Å². The Morgan fingerprint density at radius 1 is 1.11 bits per heavy atom. The molecule has 2 atom stereocenters. The second-order valence-electron chi connectivity index (χ2n) is 9.01. The van der Waals surface area contributed by atoms with Gasteiger partial charge in [0.1, 0.15) is 0 Å². The Kier molecular flexibility index (Phi) is 6.64. The molecule has 2 heterocycles. The van der Waals surface area contributed by atoms with Crippen LogP contribution in [0.1, 0.15) is 40.0 Å². The van der Waals surface area contributed by atoms with Crippen LogP contribution in [0.2, 0.25) is 0 Å². The highest BCUT2D eigenvalue weighted by molar-refractivity contribution is 5.73. The van der Waals surface area contributed by atoms with E-state index in [2.05, 4.69) is 71.5 Å². The monoisotopic (exact) mass is 372 g/mol. The van der Waals surface area contributed by atoms with Crippen molar-refractivity contribution in [2.75, 3.05) is 44.2 Å². The van der Waals surface area contributed by atoms with Crippen molar-refractivity contribution in [3.63, 3.8) is 0 Å². The predicted octanol–water partition coefficient (Wildman–Crippen LogP) is 3.32. The summed E-state index contributed by atoms with van der Waals surface area (Å²) in [5.41, 5.74) is 1.28. The lowest BCUT2D eigenvalue weighted by atomic mass is 9.93. The predicted molar refractivity (Wildman–Crippen MR) is 112 cm³/mol. The van der Waals surface area contributed by atoms with Gasteiger partial charge in [0.25, 0.3) is 0 Å². The maximum Gasteiger partial charge on any atom is 0.314 e. The number of urea groups is 1. The first kappa shape index (κ1) is 20.0. The maximum atomic E-state index is 12.3. The first-order chi connectivity index (χ1) is 12.9. The Balaban J connectivity index is 1.37. The molecule has 150 valence electrons. The van der Waals surface area contributed by atoms with Gasteiger partial charge >= 0.3 is 6.03 Å². The normalized spacial score (nSPS) is 24.0. The lowest BCUT2D eigenvalue weighted by molar-refractivity contribution is 0.0724.